The van der Waals surface area contributed by atoms with Crippen LogP contribution in [0.1, 0.15) is 10.5 Å². The molecule has 0 saturated heterocycles. The average Bonchev–Trinajstić information content (AvgIpc) is 3.06. The van der Waals surface area contributed by atoms with Gasteiger partial charge in [-0.3, -0.25) is 0 Å². The molecule has 0 aliphatic rings. The second-order valence-corrected chi connectivity index (χ2v) is 4.44. The van der Waals surface area contributed by atoms with Crippen LogP contribution in [-0.4, -0.2) is 20.9 Å². The van der Waals surface area contributed by atoms with E-state index in [1.807, 2.05) is 6.07 Å². The lowest BCUT2D eigenvalue weighted by Gasteiger charge is -2.05. The molecule has 3 aromatic rings. The van der Waals surface area contributed by atoms with Gasteiger partial charge >= 0.3 is 5.97 Å². The second kappa shape index (κ2) is 5.34. The van der Waals surface area contributed by atoms with E-state index in [9.17, 15) is 9.90 Å². The van der Waals surface area contributed by atoms with Crippen LogP contribution in [-0.2, 0) is 0 Å². The number of rotatable bonds is 4. The Kier molecular flexibility index (Phi) is 3.37. The number of furan rings is 1. The molecule has 0 amide bonds. The fourth-order valence-corrected chi connectivity index (χ4v) is 1.95. The maximum atomic E-state index is 11.5. The fourth-order valence-electron chi connectivity index (χ4n) is 1.81. The quantitative estimate of drug-likeness (QED) is 0.796. The number of ether oxygens (including phenoxy) is 1. The first-order valence-corrected chi connectivity index (χ1v) is 6.33. The highest BCUT2D eigenvalue weighted by Crippen LogP contribution is 2.28. The number of aromatic carboxylic acids is 1. The van der Waals surface area contributed by atoms with Crippen LogP contribution in [0.4, 0.5) is 0 Å². The number of carbonyl (C=O) groups is 1. The molecule has 0 bridgehead atoms. The molecule has 1 N–H and O–H groups in total. The Balaban J connectivity index is 2.02. The Labute approximate surface area is 124 Å². The van der Waals surface area contributed by atoms with Crippen molar-refractivity contribution in [2.75, 3.05) is 0 Å². The van der Waals surface area contributed by atoms with Crippen molar-refractivity contribution in [3.05, 3.63) is 59.6 Å². The zero-order valence-electron chi connectivity index (χ0n) is 10.6. The number of hydrogen-bond donors (Lipinski definition) is 1. The van der Waals surface area contributed by atoms with Crippen molar-refractivity contribution >= 4 is 17.6 Å². The van der Waals surface area contributed by atoms with Gasteiger partial charge in [0.1, 0.15) is 5.75 Å². The van der Waals surface area contributed by atoms with Gasteiger partial charge in [-0.1, -0.05) is 18.2 Å². The summed E-state index contributed by atoms with van der Waals surface area (Å²) in [7, 11) is 0. The zero-order chi connectivity index (χ0) is 14.8. The Morgan fingerprint density at radius 2 is 2.00 bits per heavy atom. The van der Waals surface area contributed by atoms with Crippen molar-refractivity contribution in [1.82, 2.24) is 9.78 Å². The minimum Gasteiger partial charge on any atom is -0.476 e. The predicted octanol–water partition coefficient (Wildman–Crippen LogP) is 3.61. The van der Waals surface area contributed by atoms with Gasteiger partial charge in [0, 0.05) is 6.07 Å². The van der Waals surface area contributed by atoms with E-state index in [1.165, 1.54) is 18.3 Å². The number of halogens is 1. The van der Waals surface area contributed by atoms with Crippen LogP contribution in [0, 0.1) is 0 Å². The van der Waals surface area contributed by atoms with Gasteiger partial charge < -0.3 is 14.3 Å². The van der Waals surface area contributed by atoms with Crippen LogP contribution < -0.4 is 4.74 Å². The fraction of sp³-hybridized carbons (Fsp3) is 0. The number of carboxylic acids is 1. The van der Waals surface area contributed by atoms with Crippen molar-refractivity contribution in [3.63, 3.8) is 0 Å². The summed E-state index contributed by atoms with van der Waals surface area (Å²) < 4.78 is 11.8. The van der Waals surface area contributed by atoms with Gasteiger partial charge in [-0.15, -0.1) is 0 Å². The van der Waals surface area contributed by atoms with E-state index in [-0.39, 0.29) is 22.5 Å². The first-order chi connectivity index (χ1) is 10.1. The molecule has 2 aromatic heterocycles. The average molecular weight is 305 g/mol. The smallest absolute Gasteiger partial charge is 0.358 e. The van der Waals surface area contributed by atoms with Crippen LogP contribution in [0.3, 0.4) is 0 Å². The highest BCUT2D eigenvalue weighted by atomic mass is 35.5. The summed E-state index contributed by atoms with van der Waals surface area (Å²) in [6, 6.07) is 11.9. The molecule has 0 atom stereocenters. The van der Waals surface area contributed by atoms with Gasteiger partial charge in [0.25, 0.3) is 0 Å². The molecule has 7 heteroatoms. The molecule has 0 saturated carbocycles. The maximum absolute atomic E-state index is 11.5. The van der Waals surface area contributed by atoms with E-state index in [1.54, 1.807) is 24.3 Å². The molecule has 6 nitrogen and oxygen atoms in total. The molecule has 21 heavy (non-hydrogen) atoms. The van der Waals surface area contributed by atoms with Crippen molar-refractivity contribution < 1.29 is 19.1 Å². The molecule has 1 aromatic carbocycles. The minimum atomic E-state index is -1.19. The molecule has 3 rings (SSSR count). The Morgan fingerprint density at radius 1 is 1.24 bits per heavy atom. The largest absolute Gasteiger partial charge is 0.476 e. The highest BCUT2D eigenvalue weighted by Gasteiger charge is 2.22. The third-order valence-electron chi connectivity index (χ3n) is 2.68. The normalized spacial score (nSPS) is 10.5. The molecular weight excluding hydrogens is 296 g/mol. The van der Waals surface area contributed by atoms with E-state index in [2.05, 4.69) is 5.10 Å². The van der Waals surface area contributed by atoms with Crippen LogP contribution >= 0.6 is 11.6 Å². The van der Waals surface area contributed by atoms with E-state index >= 15 is 0 Å². The molecule has 0 fully saturated rings. The Hall–Kier alpha value is -2.73. The van der Waals surface area contributed by atoms with Crippen molar-refractivity contribution in [1.29, 1.82) is 0 Å². The summed E-state index contributed by atoms with van der Waals surface area (Å²) in [6.45, 7) is 0. The van der Waals surface area contributed by atoms with Gasteiger partial charge in [-0.05, 0) is 29.8 Å². The third-order valence-corrected chi connectivity index (χ3v) is 2.88. The van der Waals surface area contributed by atoms with E-state index in [0.717, 1.165) is 4.68 Å². The van der Waals surface area contributed by atoms with Gasteiger partial charge in [0.15, 0.2) is 16.7 Å². The number of carboxylic acid groups (broad SMARTS) is 1. The van der Waals surface area contributed by atoms with Gasteiger partial charge in [0.05, 0.1) is 6.20 Å². The van der Waals surface area contributed by atoms with E-state index in [4.69, 9.17) is 20.8 Å². The number of hydrogen-bond acceptors (Lipinski definition) is 4. The van der Waals surface area contributed by atoms with Crippen LogP contribution in [0.5, 0.6) is 11.5 Å². The molecular formula is C14H9ClN2O4. The Morgan fingerprint density at radius 3 is 2.62 bits per heavy atom. The summed E-state index contributed by atoms with van der Waals surface area (Å²) >= 11 is 5.69. The lowest BCUT2D eigenvalue weighted by molar-refractivity contribution is 0.0683. The minimum absolute atomic E-state index is 0.112. The number of para-hydroxylation sites is 1. The summed E-state index contributed by atoms with van der Waals surface area (Å²) in [5.41, 5.74) is -0.148. The number of aromatic nitrogens is 2. The van der Waals surface area contributed by atoms with Gasteiger partial charge in [-0.25, -0.2) is 4.79 Å². The maximum Gasteiger partial charge on any atom is 0.358 e. The van der Waals surface area contributed by atoms with Crippen molar-refractivity contribution in [3.8, 4) is 17.4 Å². The Bertz CT molecular complexity index is 779. The first kappa shape index (κ1) is 13.3. The molecule has 106 valence electrons. The lowest BCUT2D eigenvalue weighted by atomic mass is 10.3. The second-order valence-electron chi connectivity index (χ2n) is 4.07. The molecule has 0 aliphatic carbocycles. The highest BCUT2D eigenvalue weighted by molar-refractivity contribution is 6.28. The summed E-state index contributed by atoms with van der Waals surface area (Å²) in [5.74, 6) is -0.371. The lowest BCUT2D eigenvalue weighted by Crippen LogP contribution is -2.08. The number of benzene rings is 1. The summed E-state index contributed by atoms with van der Waals surface area (Å²) in [5, 5.41) is 13.5. The summed E-state index contributed by atoms with van der Waals surface area (Å²) in [4.78, 5) is 11.5. The third kappa shape index (κ3) is 2.61. The summed E-state index contributed by atoms with van der Waals surface area (Å²) in [6.07, 6.45) is 1.31. The monoisotopic (exact) mass is 304 g/mol. The van der Waals surface area contributed by atoms with Crippen LogP contribution in [0.15, 0.2) is 53.1 Å². The van der Waals surface area contributed by atoms with Crippen LogP contribution in [0.25, 0.3) is 5.88 Å². The van der Waals surface area contributed by atoms with Crippen molar-refractivity contribution in [2.24, 2.45) is 0 Å². The standard InChI is InChI=1S/C14H9ClN2O4/c15-11-6-7-12(21-11)17-13(14(18)19)10(8-16-17)20-9-4-2-1-3-5-9/h1-8H,(H,18,19). The first-order valence-electron chi connectivity index (χ1n) is 5.95. The molecule has 0 spiro atoms. The van der Waals surface area contributed by atoms with Crippen LogP contribution in [0.2, 0.25) is 5.22 Å². The number of nitrogens with zero attached hydrogens (tertiary/aromatic N) is 2. The predicted molar refractivity (Wildman–Crippen MR) is 74.3 cm³/mol. The SMILES string of the molecule is O=C(O)c1c(Oc2ccccc2)cnn1-c1ccc(Cl)o1. The topological polar surface area (TPSA) is 77.5 Å². The van der Waals surface area contributed by atoms with Gasteiger partial charge in [0.2, 0.25) is 5.88 Å². The molecule has 0 radical (unpaired) electrons. The van der Waals surface area contributed by atoms with E-state index < -0.39 is 5.97 Å². The molecule has 2 heterocycles. The van der Waals surface area contributed by atoms with Crippen molar-refractivity contribution in [2.45, 2.75) is 0 Å². The zero-order valence-corrected chi connectivity index (χ0v) is 11.3. The molecule has 0 aliphatic heterocycles. The molecule has 0 unspecified atom stereocenters. The van der Waals surface area contributed by atoms with E-state index in [0.29, 0.717) is 5.75 Å². The van der Waals surface area contributed by atoms with Gasteiger partial charge in [-0.2, -0.15) is 9.78 Å².